The Morgan fingerprint density at radius 3 is 2.24 bits per heavy atom. The van der Waals surface area contributed by atoms with Crippen LogP contribution in [0, 0.1) is 6.92 Å². The molecule has 0 unspecified atom stereocenters. The maximum atomic E-state index is 13.4. The minimum atomic E-state index is -3.95. The van der Waals surface area contributed by atoms with Crippen LogP contribution < -0.4 is 9.73 Å². The van der Waals surface area contributed by atoms with Crippen molar-refractivity contribution in [2.24, 2.45) is 5.10 Å². The summed E-state index contributed by atoms with van der Waals surface area (Å²) >= 11 is 3.36. The average Bonchev–Trinajstić information content (AvgIpc) is 2.81. The molecule has 0 radical (unpaired) electrons. The largest absolute Gasteiger partial charge is 0.271 e. The smallest absolute Gasteiger partial charge is 0.264 e. The van der Waals surface area contributed by atoms with Crippen molar-refractivity contribution in [3.8, 4) is 0 Å². The molecule has 0 aliphatic heterocycles. The van der Waals surface area contributed by atoms with E-state index >= 15 is 0 Å². The van der Waals surface area contributed by atoms with Crippen LogP contribution in [0.2, 0.25) is 0 Å². The Bertz CT molecular complexity index is 1210. The molecule has 0 spiro atoms. The molecule has 3 aromatic rings. The number of carbonyl (C=O) groups is 1. The van der Waals surface area contributed by atoms with Gasteiger partial charge in [-0.15, -0.1) is 0 Å². The quantitative estimate of drug-likeness (QED) is 0.311. The van der Waals surface area contributed by atoms with Crippen LogP contribution in [0.15, 0.2) is 93.3 Å². The summed E-state index contributed by atoms with van der Waals surface area (Å²) < 4.78 is 28.6. The molecule has 0 heterocycles. The molecule has 8 heteroatoms. The third-order valence-electron chi connectivity index (χ3n) is 5.00. The lowest BCUT2D eigenvalue weighted by atomic mass is 10.1. The maximum absolute atomic E-state index is 13.4. The summed E-state index contributed by atoms with van der Waals surface area (Å²) in [6.07, 6.45) is 1.49. The van der Waals surface area contributed by atoms with Gasteiger partial charge < -0.3 is 0 Å². The predicted octanol–water partition coefficient (Wildman–Crippen LogP) is 5.08. The number of nitrogens with zero attached hydrogens (tertiary/aromatic N) is 2. The highest BCUT2D eigenvalue weighted by atomic mass is 79.9. The Labute approximate surface area is 203 Å². The second kappa shape index (κ2) is 11.2. The summed E-state index contributed by atoms with van der Waals surface area (Å²) in [4.78, 5) is 12.8. The molecule has 0 saturated heterocycles. The average molecular weight is 528 g/mol. The molecule has 33 heavy (non-hydrogen) atoms. The monoisotopic (exact) mass is 527 g/mol. The van der Waals surface area contributed by atoms with Crippen molar-refractivity contribution in [1.82, 2.24) is 5.43 Å². The van der Waals surface area contributed by atoms with Crippen molar-refractivity contribution < 1.29 is 13.2 Å². The van der Waals surface area contributed by atoms with Crippen molar-refractivity contribution in [1.29, 1.82) is 0 Å². The van der Waals surface area contributed by atoms with Gasteiger partial charge in [-0.25, -0.2) is 13.8 Å². The highest BCUT2D eigenvalue weighted by molar-refractivity contribution is 9.10. The van der Waals surface area contributed by atoms with E-state index in [4.69, 9.17) is 0 Å². The summed E-state index contributed by atoms with van der Waals surface area (Å²) in [6.45, 7) is 3.32. The van der Waals surface area contributed by atoms with Crippen molar-refractivity contribution >= 4 is 43.3 Å². The van der Waals surface area contributed by atoms with Gasteiger partial charge in [0.15, 0.2) is 0 Å². The molecule has 0 atom stereocenters. The van der Waals surface area contributed by atoms with Gasteiger partial charge in [-0.05, 0) is 68.7 Å². The summed E-state index contributed by atoms with van der Waals surface area (Å²) in [7, 11) is -3.95. The number of anilines is 1. The number of benzene rings is 3. The van der Waals surface area contributed by atoms with Gasteiger partial charge in [0.2, 0.25) is 0 Å². The van der Waals surface area contributed by atoms with Crippen molar-refractivity contribution in [3.05, 3.63) is 94.5 Å². The number of amides is 1. The minimum Gasteiger partial charge on any atom is -0.271 e. The lowest BCUT2D eigenvalue weighted by molar-refractivity contribution is -0.119. The SMILES string of the molecule is C/C(CCc1ccccc1)=N/NC(=O)CN(c1ccc(Br)cc1)S(=O)(=O)c1ccc(C)cc1. The van der Waals surface area contributed by atoms with Gasteiger partial charge in [-0.3, -0.25) is 9.10 Å². The van der Waals surface area contributed by atoms with E-state index in [1.165, 1.54) is 5.56 Å². The fraction of sp³-hybridized carbons (Fsp3) is 0.200. The first-order valence-corrected chi connectivity index (χ1v) is 12.7. The van der Waals surface area contributed by atoms with Crippen LogP contribution in [0.4, 0.5) is 5.69 Å². The number of hydrogen-bond donors (Lipinski definition) is 1. The molecule has 0 fully saturated rings. The lowest BCUT2D eigenvalue weighted by Gasteiger charge is -2.24. The van der Waals surface area contributed by atoms with Gasteiger partial charge in [0.1, 0.15) is 6.54 Å². The zero-order valence-electron chi connectivity index (χ0n) is 18.5. The maximum Gasteiger partial charge on any atom is 0.264 e. The van der Waals surface area contributed by atoms with E-state index < -0.39 is 22.5 Å². The molecule has 3 aromatic carbocycles. The molecular weight excluding hydrogens is 502 g/mol. The van der Waals surface area contributed by atoms with Gasteiger partial charge in [-0.2, -0.15) is 5.10 Å². The summed E-state index contributed by atoms with van der Waals surface area (Å²) in [5.74, 6) is -0.521. The van der Waals surface area contributed by atoms with Crippen LogP contribution >= 0.6 is 15.9 Å². The normalized spacial score (nSPS) is 11.8. The first-order valence-electron chi connectivity index (χ1n) is 10.5. The first kappa shape index (κ1) is 24.7. The Balaban J connectivity index is 1.75. The highest BCUT2D eigenvalue weighted by Crippen LogP contribution is 2.25. The predicted molar refractivity (Wildman–Crippen MR) is 136 cm³/mol. The molecule has 1 N–H and O–H groups in total. The van der Waals surface area contributed by atoms with Crippen LogP contribution in [0.5, 0.6) is 0 Å². The number of halogens is 1. The molecule has 3 rings (SSSR count). The Kier molecular flexibility index (Phi) is 8.41. The summed E-state index contributed by atoms with van der Waals surface area (Å²) in [5.41, 5.74) is 5.77. The fourth-order valence-corrected chi connectivity index (χ4v) is 4.79. The molecule has 172 valence electrons. The Morgan fingerprint density at radius 2 is 1.61 bits per heavy atom. The van der Waals surface area contributed by atoms with E-state index in [2.05, 4.69) is 26.5 Å². The summed E-state index contributed by atoms with van der Waals surface area (Å²) in [5, 5.41) is 4.15. The zero-order valence-corrected chi connectivity index (χ0v) is 20.9. The van der Waals surface area contributed by atoms with Gasteiger partial charge in [0.25, 0.3) is 15.9 Å². The third kappa shape index (κ3) is 7.00. The second-order valence-corrected chi connectivity index (χ2v) is 10.4. The molecule has 0 aliphatic carbocycles. The topological polar surface area (TPSA) is 78.8 Å². The molecule has 0 bridgehead atoms. The van der Waals surface area contributed by atoms with Crippen molar-refractivity contribution in [3.63, 3.8) is 0 Å². The van der Waals surface area contributed by atoms with E-state index in [1.807, 2.05) is 44.2 Å². The van der Waals surface area contributed by atoms with Crippen LogP contribution in [0.1, 0.15) is 24.5 Å². The number of aryl methyl sites for hydroxylation is 2. The molecule has 0 aliphatic rings. The van der Waals surface area contributed by atoms with Gasteiger partial charge in [-0.1, -0.05) is 64.0 Å². The fourth-order valence-electron chi connectivity index (χ4n) is 3.11. The molecule has 1 amide bonds. The number of hydrogen-bond acceptors (Lipinski definition) is 4. The summed E-state index contributed by atoms with van der Waals surface area (Å²) in [6, 6.07) is 23.3. The molecule has 0 aromatic heterocycles. The molecule has 6 nitrogen and oxygen atoms in total. The van der Waals surface area contributed by atoms with Crippen molar-refractivity contribution in [2.75, 3.05) is 10.8 Å². The van der Waals surface area contributed by atoms with Crippen LogP contribution in [-0.4, -0.2) is 26.6 Å². The number of rotatable bonds is 9. The van der Waals surface area contributed by atoms with Crippen LogP contribution in [0.25, 0.3) is 0 Å². The second-order valence-electron chi connectivity index (χ2n) is 7.67. The van der Waals surface area contributed by atoms with Crippen LogP contribution in [0.3, 0.4) is 0 Å². The van der Waals surface area contributed by atoms with E-state index in [-0.39, 0.29) is 4.90 Å². The Hall–Kier alpha value is -2.97. The van der Waals surface area contributed by atoms with Gasteiger partial charge in [0.05, 0.1) is 10.6 Å². The van der Waals surface area contributed by atoms with Gasteiger partial charge in [0, 0.05) is 10.2 Å². The molecule has 0 saturated carbocycles. The third-order valence-corrected chi connectivity index (χ3v) is 7.32. The number of nitrogens with one attached hydrogen (secondary N) is 1. The molecular formula is C25H26BrN3O3S. The van der Waals surface area contributed by atoms with Crippen molar-refractivity contribution in [2.45, 2.75) is 31.6 Å². The lowest BCUT2D eigenvalue weighted by Crippen LogP contribution is -2.39. The first-order chi connectivity index (χ1) is 15.8. The Morgan fingerprint density at radius 1 is 0.970 bits per heavy atom. The van der Waals surface area contributed by atoms with E-state index in [0.717, 1.165) is 26.5 Å². The van der Waals surface area contributed by atoms with Gasteiger partial charge >= 0.3 is 0 Å². The highest BCUT2D eigenvalue weighted by Gasteiger charge is 2.27. The number of hydrazone groups is 1. The van der Waals surface area contributed by atoms with Crippen LogP contribution in [-0.2, 0) is 21.2 Å². The zero-order chi connectivity index (χ0) is 23.8. The number of sulfonamides is 1. The van der Waals surface area contributed by atoms with E-state index in [1.54, 1.807) is 48.5 Å². The minimum absolute atomic E-state index is 0.117. The standard InChI is InChI=1S/C25H26BrN3O3S/c1-19-8-16-24(17-9-19)33(31,32)29(23-14-12-22(26)13-15-23)18-25(30)28-27-20(2)10-11-21-6-4-3-5-7-21/h3-9,12-17H,10-11,18H2,1-2H3,(H,28,30)/b27-20-. The van der Waals surface area contributed by atoms with E-state index in [9.17, 15) is 13.2 Å². The number of carbonyl (C=O) groups excluding carboxylic acids is 1. The van der Waals surface area contributed by atoms with E-state index in [0.29, 0.717) is 12.1 Å².